The standard InChI is InChI=1S/C30H62N3O5P/c1-9-11-13-15-17-19-27(20-18-16-14-12-10-2)38-39(36,31(7)8)33-24-22-32(23-25-33)28(34)30(5,6)37-26-21-29(3,4)35/h27,35H,9-26H2,1-8H3. The normalized spacial score (nSPS) is 17.3. The van der Waals surface area contributed by atoms with Gasteiger partial charge in [-0.05, 0) is 61.1 Å². The van der Waals surface area contributed by atoms with E-state index in [1.54, 1.807) is 37.3 Å². The van der Waals surface area contributed by atoms with Crippen LogP contribution in [0.25, 0.3) is 0 Å². The summed E-state index contributed by atoms with van der Waals surface area (Å²) in [5, 5.41) is 9.96. The molecule has 0 saturated carbocycles. The molecule has 1 amide bonds. The van der Waals surface area contributed by atoms with Crippen molar-refractivity contribution in [2.45, 2.75) is 142 Å². The second-order valence-corrected chi connectivity index (χ2v) is 15.2. The van der Waals surface area contributed by atoms with E-state index < -0.39 is 18.9 Å². The number of rotatable bonds is 21. The van der Waals surface area contributed by atoms with Crippen LogP contribution in [0.4, 0.5) is 0 Å². The summed E-state index contributed by atoms with van der Waals surface area (Å²) in [6, 6.07) is 0. The van der Waals surface area contributed by atoms with Crippen LogP contribution in [-0.4, -0.2) is 89.4 Å². The Balaban J connectivity index is 2.78. The zero-order valence-corrected chi connectivity index (χ0v) is 27.6. The molecule has 0 aromatic rings. The number of amides is 1. The minimum Gasteiger partial charge on any atom is -0.390 e. The maximum Gasteiger partial charge on any atom is 0.345 e. The highest BCUT2D eigenvalue weighted by molar-refractivity contribution is 7.53. The van der Waals surface area contributed by atoms with E-state index in [-0.39, 0.29) is 12.0 Å². The molecule has 0 aliphatic carbocycles. The summed E-state index contributed by atoms with van der Waals surface area (Å²) in [5.41, 5.74) is -1.81. The van der Waals surface area contributed by atoms with Gasteiger partial charge in [0.05, 0.1) is 18.3 Å². The molecule has 0 radical (unpaired) electrons. The molecule has 1 atom stereocenters. The van der Waals surface area contributed by atoms with Gasteiger partial charge in [0.2, 0.25) is 0 Å². The Hall–Kier alpha value is -0.500. The van der Waals surface area contributed by atoms with Gasteiger partial charge in [-0.25, -0.2) is 9.34 Å². The molecule has 1 aliphatic rings. The summed E-state index contributed by atoms with van der Waals surface area (Å²) in [6.45, 7) is 13.8. The van der Waals surface area contributed by atoms with Gasteiger partial charge >= 0.3 is 7.67 Å². The number of carbonyl (C=O) groups excluding carboxylic acids is 1. The molecule has 1 heterocycles. The first kappa shape index (κ1) is 36.5. The van der Waals surface area contributed by atoms with Crippen molar-refractivity contribution in [3.8, 4) is 0 Å². The zero-order valence-electron chi connectivity index (χ0n) is 26.7. The van der Waals surface area contributed by atoms with E-state index in [0.717, 1.165) is 25.7 Å². The summed E-state index contributed by atoms with van der Waals surface area (Å²) in [6.07, 6.45) is 14.4. The fourth-order valence-corrected chi connectivity index (χ4v) is 7.07. The van der Waals surface area contributed by atoms with E-state index in [1.165, 1.54) is 51.4 Å². The lowest BCUT2D eigenvalue weighted by Crippen LogP contribution is -2.55. The predicted molar refractivity (Wildman–Crippen MR) is 162 cm³/mol. The SMILES string of the molecule is CCCCCCCC(CCCCCCC)OP(=O)(N(C)C)N1CCN(C(=O)C(C)(C)OCCC(C)(C)O)CC1. The minimum atomic E-state index is -3.21. The first-order valence-electron chi connectivity index (χ1n) is 15.6. The molecule has 1 fully saturated rings. The maximum atomic E-state index is 14.3. The van der Waals surface area contributed by atoms with Gasteiger partial charge in [0.25, 0.3) is 5.91 Å². The molecule has 0 aromatic carbocycles. The van der Waals surface area contributed by atoms with E-state index in [1.807, 2.05) is 18.8 Å². The lowest BCUT2D eigenvalue weighted by atomic mass is 10.0. The number of carbonyl (C=O) groups is 1. The van der Waals surface area contributed by atoms with Crippen LogP contribution in [0.5, 0.6) is 0 Å². The van der Waals surface area contributed by atoms with Crippen LogP contribution in [0.3, 0.4) is 0 Å². The molecule has 232 valence electrons. The van der Waals surface area contributed by atoms with Gasteiger partial charge in [-0.2, -0.15) is 0 Å². The number of hydrogen-bond donors (Lipinski definition) is 1. The lowest BCUT2D eigenvalue weighted by Gasteiger charge is -2.43. The molecule has 1 aliphatic heterocycles. The Labute approximate surface area is 240 Å². The Morgan fingerprint density at radius 3 is 1.79 bits per heavy atom. The average molecular weight is 576 g/mol. The van der Waals surface area contributed by atoms with Crippen LogP contribution in [0, 0.1) is 0 Å². The molecule has 1 rings (SSSR count). The van der Waals surface area contributed by atoms with Crippen LogP contribution < -0.4 is 0 Å². The van der Waals surface area contributed by atoms with Gasteiger partial charge < -0.3 is 19.3 Å². The van der Waals surface area contributed by atoms with Crippen LogP contribution >= 0.6 is 7.67 Å². The van der Waals surface area contributed by atoms with Gasteiger partial charge in [-0.3, -0.25) is 9.36 Å². The number of hydrogen-bond acceptors (Lipinski definition) is 5. The molecular formula is C30H62N3O5P. The van der Waals surface area contributed by atoms with Crippen LogP contribution in [0.15, 0.2) is 0 Å². The molecule has 39 heavy (non-hydrogen) atoms. The molecule has 1 N–H and O–H groups in total. The van der Waals surface area contributed by atoms with Crippen molar-refractivity contribution in [1.82, 2.24) is 14.2 Å². The Kier molecular flexibility index (Phi) is 17.0. The largest absolute Gasteiger partial charge is 0.390 e. The van der Waals surface area contributed by atoms with Crippen LogP contribution in [0.2, 0.25) is 0 Å². The molecule has 0 aromatic heterocycles. The Morgan fingerprint density at radius 1 is 0.872 bits per heavy atom. The number of aliphatic hydroxyl groups is 1. The number of nitrogens with zero attached hydrogens (tertiary/aromatic N) is 3. The van der Waals surface area contributed by atoms with Crippen molar-refractivity contribution < 1.29 is 23.7 Å². The van der Waals surface area contributed by atoms with E-state index >= 15 is 0 Å². The number of piperazine rings is 1. The lowest BCUT2D eigenvalue weighted by molar-refractivity contribution is -0.157. The first-order chi connectivity index (χ1) is 18.3. The summed E-state index contributed by atoms with van der Waals surface area (Å²) >= 11 is 0. The van der Waals surface area contributed by atoms with E-state index in [0.29, 0.717) is 39.2 Å². The third-order valence-corrected chi connectivity index (χ3v) is 10.3. The molecule has 1 saturated heterocycles. The maximum absolute atomic E-state index is 14.3. The number of ether oxygens (including phenoxy) is 1. The van der Waals surface area contributed by atoms with E-state index in [2.05, 4.69) is 13.8 Å². The summed E-state index contributed by atoms with van der Waals surface area (Å²) in [4.78, 5) is 15.0. The average Bonchev–Trinajstić information content (AvgIpc) is 2.86. The predicted octanol–water partition coefficient (Wildman–Crippen LogP) is 6.86. The molecular weight excluding hydrogens is 513 g/mol. The third kappa shape index (κ3) is 13.8. The fraction of sp³-hybridized carbons (Fsp3) is 0.967. The molecule has 8 nitrogen and oxygen atoms in total. The van der Waals surface area contributed by atoms with Crippen molar-refractivity contribution in [2.75, 3.05) is 46.9 Å². The van der Waals surface area contributed by atoms with Gasteiger partial charge in [0.1, 0.15) is 5.60 Å². The van der Waals surface area contributed by atoms with Crippen molar-refractivity contribution in [3.63, 3.8) is 0 Å². The second-order valence-electron chi connectivity index (χ2n) is 12.6. The zero-order chi connectivity index (χ0) is 29.5. The van der Waals surface area contributed by atoms with Crippen molar-refractivity contribution in [3.05, 3.63) is 0 Å². The van der Waals surface area contributed by atoms with Gasteiger partial charge in [0, 0.05) is 26.2 Å². The highest BCUT2D eigenvalue weighted by Gasteiger charge is 2.41. The van der Waals surface area contributed by atoms with Crippen LogP contribution in [-0.2, 0) is 18.6 Å². The van der Waals surface area contributed by atoms with Gasteiger partial charge in [0.15, 0.2) is 0 Å². The first-order valence-corrected chi connectivity index (χ1v) is 17.2. The summed E-state index contributed by atoms with van der Waals surface area (Å²) in [7, 11) is 0.480. The quantitative estimate of drug-likeness (QED) is 0.118. The summed E-state index contributed by atoms with van der Waals surface area (Å²) in [5.74, 6) is -0.0736. The Bertz CT molecular complexity index is 704. The van der Waals surface area contributed by atoms with Crippen molar-refractivity contribution in [2.24, 2.45) is 0 Å². The highest BCUT2D eigenvalue weighted by Crippen LogP contribution is 2.54. The van der Waals surface area contributed by atoms with E-state index in [4.69, 9.17) is 9.26 Å². The third-order valence-electron chi connectivity index (χ3n) is 7.64. The topological polar surface area (TPSA) is 82.6 Å². The molecule has 0 spiro atoms. The van der Waals surface area contributed by atoms with Gasteiger partial charge in [-0.1, -0.05) is 78.1 Å². The molecule has 9 heteroatoms. The second kappa shape index (κ2) is 18.1. The highest BCUT2D eigenvalue weighted by atomic mass is 31.2. The summed E-state index contributed by atoms with van der Waals surface area (Å²) < 4.78 is 30.5. The number of unbranched alkanes of at least 4 members (excludes halogenated alkanes) is 8. The van der Waals surface area contributed by atoms with Crippen molar-refractivity contribution in [1.29, 1.82) is 0 Å². The minimum absolute atomic E-state index is 0.00995. The van der Waals surface area contributed by atoms with Gasteiger partial charge in [-0.15, -0.1) is 0 Å². The smallest absolute Gasteiger partial charge is 0.345 e. The fourth-order valence-electron chi connectivity index (χ4n) is 4.96. The monoisotopic (exact) mass is 575 g/mol. The van der Waals surface area contributed by atoms with Crippen molar-refractivity contribution >= 4 is 13.6 Å². The molecule has 0 bridgehead atoms. The molecule has 1 unspecified atom stereocenters. The Morgan fingerprint density at radius 2 is 1.36 bits per heavy atom. The van der Waals surface area contributed by atoms with E-state index in [9.17, 15) is 14.5 Å². The van der Waals surface area contributed by atoms with Crippen LogP contribution in [0.1, 0.15) is 125 Å².